The largest absolute Gasteiger partial charge is 0.741 e. The lowest BCUT2D eigenvalue weighted by Gasteiger charge is -2.08. The second kappa shape index (κ2) is 31.1. The summed E-state index contributed by atoms with van der Waals surface area (Å²) in [5, 5.41) is 3.30. The lowest BCUT2D eigenvalue weighted by molar-refractivity contribution is -0.0517. The number of rotatable bonds is 8. The van der Waals surface area contributed by atoms with Crippen molar-refractivity contribution in [2.24, 2.45) is 0 Å². The highest BCUT2D eigenvalue weighted by atomic mass is 32.2. The molecule has 0 saturated carbocycles. The Morgan fingerprint density at radius 1 is 0.500 bits per heavy atom. The molecule has 0 spiro atoms. The van der Waals surface area contributed by atoms with Gasteiger partial charge in [0.1, 0.15) is 12.5 Å². The Morgan fingerprint density at radius 3 is 1.12 bits per heavy atom. The maximum Gasteiger partial charge on any atom is 0.485 e. The van der Waals surface area contributed by atoms with Crippen LogP contribution in [0.4, 0.5) is 24.5 Å². The Hall–Kier alpha value is -6.74. The van der Waals surface area contributed by atoms with Gasteiger partial charge in [-0.2, -0.15) is 13.2 Å². The van der Waals surface area contributed by atoms with Crippen LogP contribution < -0.4 is 5.32 Å². The highest BCUT2D eigenvalue weighted by molar-refractivity contribution is 7.98. The molecule has 0 aliphatic carbocycles. The van der Waals surface area contributed by atoms with Gasteiger partial charge in [-0.05, 0) is 151 Å². The minimum atomic E-state index is -6.09. The molecule has 0 amide bonds. The summed E-state index contributed by atoms with van der Waals surface area (Å²) in [5.74, 6) is 0. The number of benzene rings is 8. The molecule has 13 heteroatoms. The number of aryl methyl sites for hydroxylation is 3. The fourth-order valence-corrected chi connectivity index (χ4v) is 7.91. The summed E-state index contributed by atoms with van der Waals surface area (Å²) >= 11 is 1.78. The molecule has 0 aliphatic rings. The van der Waals surface area contributed by atoms with Crippen LogP contribution in [0, 0.1) is 20.8 Å². The Balaban J connectivity index is 0.000000196. The van der Waals surface area contributed by atoms with Crippen LogP contribution in [0.25, 0.3) is 33.4 Å². The van der Waals surface area contributed by atoms with Crippen LogP contribution in [0.5, 0.6) is 0 Å². The molecule has 9 aromatic rings. The van der Waals surface area contributed by atoms with E-state index in [2.05, 4.69) is 152 Å². The van der Waals surface area contributed by atoms with Gasteiger partial charge in [0.15, 0.2) is 15.0 Å². The molecule has 6 nitrogen and oxygen atoms in total. The number of alkyl halides is 3. The fourth-order valence-electron chi connectivity index (χ4n) is 6.30. The predicted molar refractivity (Wildman–Crippen MR) is 308 cm³/mol. The molecule has 74 heavy (non-hydrogen) atoms. The van der Waals surface area contributed by atoms with Crippen molar-refractivity contribution in [3.05, 3.63) is 254 Å². The maximum atomic E-state index is 11.2. The van der Waals surface area contributed by atoms with Crippen molar-refractivity contribution < 1.29 is 30.4 Å². The zero-order chi connectivity index (χ0) is 53.9. The minimum Gasteiger partial charge on any atom is -0.741 e. The van der Waals surface area contributed by atoms with Gasteiger partial charge in [-0.3, -0.25) is 9.19 Å². The second-order valence-electron chi connectivity index (χ2n) is 16.4. The van der Waals surface area contributed by atoms with Crippen molar-refractivity contribution in [2.75, 3.05) is 30.3 Å². The SMILES string of the molecule is CS(=O)c1ccc(-c2ccccc2)cc1.CSc1ccc(-c2ccc(C)cc2)cc1.Cc1ccc(-c2ccc([S+](C)C)cc2)cc1.Cc1ccncc1.O=S(=O)([O-])C(F)(F)F.c1ccc(Nc2ccccc2)cc1. The Morgan fingerprint density at radius 2 is 0.811 bits per heavy atom. The zero-order valence-corrected chi connectivity index (χ0v) is 45.6. The van der Waals surface area contributed by atoms with Crippen molar-refractivity contribution in [2.45, 2.75) is 41.0 Å². The third-order valence-corrected chi connectivity index (χ3v) is 13.9. The number of aromatic nitrogens is 1. The molecule has 9 rings (SSSR count). The first-order chi connectivity index (χ1) is 35.3. The van der Waals surface area contributed by atoms with E-state index in [0.717, 1.165) is 21.8 Å². The van der Waals surface area contributed by atoms with Gasteiger partial charge in [-0.15, -0.1) is 11.8 Å². The van der Waals surface area contributed by atoms with Gasteiger partial charge in [0.2, 0.25) is 0 Å². The van der Waals surface area contributed by atoms with Gasteiger partial charge < -0.3 is 9.87 Å². The van der Waals surface area contributed by atoms with Crippen molar-refractivity contribution in [3.63, 3.8) is 0 Å². The van der Waals surface area contributed by atoms with Crippen LogP contribution in [-0.2, 0) is 31.8 Å². The average molecular weight is 1070 g/mol. The van der Waals surface area contributed by atoms with Crippen LogP contribution in [0.15, 0.2) is 252 Å². The minimum absolute atomic E-state index is 0.353. The molecule has 1 unspecified atom stereocenters. The molecule has 384 valence electrons. The summed E-state index contributed by atoms with van der Waals surface area (Å²) < 4.78 is 70.1. The van der Waals surface area contributed by atoms with Crippen LogP contribution in [-0.4, -0.2) is 52.7 Å². The third kappa shape index (κ3) is 22.2. The lowest BCUT2D eigenvalue weighted by Crippen LogP contribution is -2.21. The number of halogens is 3. The van der Waals surface area contributed by atoms with Gasteiger partial charge in [0, 0.05) is 61.5 Å². The van der Waals surface area contributed by atoms with Crippen LogP contribution in [0.3, 0.4) is 0 Å². The second-order valence-corrected chi connectivity index (χ2v) is 22.2. The van der Waals surface area contributed by atoms with E-state index in [0.29, 0.717) is 10.9 Å². The van der Waals surface area contributed by atoms with Crippen molar-refractivity contribution in [1.29, 1.82) is 0 Å². The molecule has 0 aliphatic heterocycles. The zero-order valence-electron chi connectivity index (χ0n) is 42.4. The quantitative estimate of drug-likeness (QED) is 0.0700. The number of pyridine rings is 1. The molecule has 1 heterocycles. The summed E-state index contributed by atoms with van der Waals surface area (Å²) in [4.78, 5) is 7.45. The first-order valence-electron chi connectivity index (χ1n) is 23.0. The summed E-state index contributed by atoms with van der Waals surface area (Å²) in [5.41, 5.74) is 7.98. The third-order valence-electron chi connectivity index (χ3n) is 10.4. The van der Waals surface area contributed by atoms with Gasteiger partial charge in [-0.25, -0.2) is 8.42 Å². The van der Waals surface area contributed by atoms with Gasteiger partial charge in [-0.1, -0.05) is 151 Å². The monoisotopic (exact) mass is 1070 g/mol. The molecular formula is C61H61F3N2O4S4. The summed E-state index contributed by atoms with van der Waals surface area (Å²) in [6, 6.07) is 77.2. The lowest BCUT2D eigenvalue weighted by atomic mass is 10.0. The normalized spacial score (nSPS) is 10.9. The number of nitrogens with one attached hydrogen (secondary N) is 1. The Kier molecular flexibility index (Phi) is 25.1. The summed E-state index contributed by atoms with van der Waals surface area (Å²) in [7, 11) is -6.63. The van der Waals surface area contributed by atoms with E-state index in [9.17, 15) is 17.4 Å². The Labute approximate surface area is 445 Å². The molecular weight excluding hydrogens is 1010 g/mol. The molecule has 1 N–H and O–H groups in total. The van der Waals surface area contributed by atoms with Gasteiger partial charge in [0.05, 0.1) is 0 Å². The molecule has 0 fully saturated rings. The number of para-hydroxylation sites is 2. The standard InChI is InChI=1S/C15H17S.C14H14S.C13H12OS.C12H11N.C6H7N.CHF3O3S/c1-12-4-6-13(7-5-12)14-8-10-15(11-9-14)16(2)3;1-11-3-5-12(6-4-11)13-7-9-14(15-2)10-8-13;1-15(14)13-9-7-12(8-10-13)11-5-3-2-4-6-11;1-3-7-11(8-4-1)13-12-9-5-2-6-10-12;1-6-2-4-7-5-3-6;2-1(3,4)8(5,6)7/h4-11H,1-3H3;3-10H,1-2H3;2-10H,1H3;1-10,13H;2-5H,1H3;(H,5,6,7)/q+1;;;;;/p-1. The topological polar surface area (TPSA) is 99.2 Å². The number of thioether (sulfide) groups is 1. The van der Waals surface area contributed by atoms with Gasteiger partial charge in [0.25, 0.3) is 0 Å². The summed E-state index contributed by atoms with van der Waals surface area (Å²) in [6.07, 6.45) is 11.9. The van der Waals surface area contributed by atoms with Crippen LogP contribution in [0.1, 0.15) is 16.7 Å². The smallest absolute Gasteiger partial charge is 0.485 e. The average Bonchev–Trinajstić information content (AvgIpc) is 3.41. The van der Waals surface area contributed by atoms with E-state index in [1.165, 1.54) is 54.3 Å². The van der Waals surface area contributed by atoms with Crippen molar-refractivity contribution in [3.8, 4) is 33.4 Å². The highest BCUT2D eigenvalue weighted by Crippen LogP contribution is 2.25. The van der Waals surface area contributed by atoms with Crippen LogP contribution >= 0.6 is 11.8 Å². The van der Waals surface area contributed by atoms with Crippen LogP contribution in [0.2, 0.25) is 0 Å². The fraction of sp³-hybridized carbons (Fsp3) is 0.131. The number of nitrogens with zero attached hydrogens (tertiary/aromatic N) is 1. The first-order valence-corrected chi connectivity index (χ1v) is 29.3. The molecule has 0 bridgehead atoms. The van der Waals surface area contributed by atoms with E-state index in [-0.39, 0.29) is 0 Å². The molecule has 0 saturated heterocycles. The molecule has 8 aromatic carbocycles. The predicted octanol–water partition coefficient (Wildman–Crippen LogP) is 16.2. The molecule has 1 aromatic heterocycles. The highest BCUT2D eigenvalue weighted by Gasteiger charge is 2.37. The van der Waals surface area contributed by atoms with E-state index in [1.54, 1.807) is 30.4 Å². The van der Waals surface area contributed by atoms with E-state index in [4.69, 9.17) is 13.0 Å². The maximum absolute atomic E-state index is 11.2. The van der Waals surface area contributed by atoms with E-state index < -0.39 is 26.4 Å². The van der Waals surface area contributed by atoms with Crippen molar-refractivity contribution in [1.82, 2.24) is 4.98 Å². The van der Waals surface area contributed by atoms with E-state index >= 15 is 0 Å². The van der Waals surface area contributed by atoms with Crippen molar-refractivity contribution >= 4 is 54.9 Å². The molecule has 1 atom stereocenters. The van der Waals surface area contributed by atoms with E-state index in [1.807, 2.05) is 122 Å². The number of anilines is 2. The molecule has 0 radical (unpaired) electrons. The summed E-state index contributed by atoms with van der Waals surface area (Å²) in [6.45, 7) is 6.27. The number of hydrogen-bond acceptors (Lipinski definition) is 7. The Bertz CT molecular complexity index is 3060. The first kappa shape index (κ1) is 59.8. The van der Waals surface area contributed by atoms with Gasteiger partial charge >= 0.3 is 5.51 Å². The number of hydrogen-bond donors (Lipinski definition) is 1.